The van der Waals surface area contributed by atoms with Crippen molar-refractivity contribution in [1.29, 1.82) is 0 Å². The largest absolute Gasteiger partial charge is 0.477 e. The first kappa shape index (κ1) is 10.1. The molecule has 0 radical (unpaired) electrons. The first-order valence-electron chi connectivity index (χ1n) is 3.90. The summed E-state index contributed by atoms with van der Waals surface area (Å²) < 4.78 is 9.22. The number of hydrogen-bond donors (Lipinski definition) is 1. The minimum atomic E-state index is -0.937. The molecule has 1 heterocycles. The molecule has 0 aliphatic rings. The molecule has 0 saturated heterocycles. The molecule has 1 aromatic rings. The van der Waals surface area contributed by atoms with E-state index in [1.54, 1.807) is 0 Å². The van der Waals surface area contributed by atoms with Crippen molar-refractivity contribution in [1.82, 2.24) is 4.37 Å². The zero-order valence-corrected chi connectivity index (χ0v) is 8.30. The Morgan fingerprint density at radius 3 is 2.92 bits per heavy atom. The van der Waals surface area contributed by atoms with Crippen LogP contribution in [0.2, 0.25) is 0 Å². The van der Waals surface area contributed by atoms with Gasteiger partial charge in [0.25, 0.3) is 0 Å². The molecule has 0 saturated carbocycles. The van der Waals surface area contributed by atoms with Crippen LogP contribution in [0.4, 0.5) is 0 Å². The maximum Gasteiger partial charge on any atom is 0.347 e. The van der Waals surface area contributed by atoms with Crippen LogP contribution in [0.5, 0.6) is 0 Å². The molecule has 0 amide bonds. The van der Waals surface area contributed by atoms with Gasteiger partial charge in [0.05, 0.1) is 18.4 Å². The molecule has 0 aliphatic carbocycles. The van der Waals surface area contributed by atoms with E-state index in [-0.39, 0.29) is 11.0 Å². The summed E-state index contributed by atoms with van der Waals surface area (Å²) in [7, 11) is 0. The SMILES string of the molecule is CC(C)OCc1cc(C(=O)O)sn1. The lowest BCUT2D eigenvalue weighted by molar-refractivity contribution is 0.0639. The molecule has 0 unspecified atom stereocenters. The number of hydrogen-bond acceptors (Lipinski definition) is 4. The molecule has 13 heavy (non-hydrogen) atoms. The third-order valence-corrected chi connectivity index (χ3v) is 2.15. The van der Waals surface area contributed by atoms with E-state index in [1.807, 2.05) is 13.8 Å². The fourth-order valence-electron chi connectivity index (χ4n) is 0.733. The molecule has 0 fully saturated rings. The second kappa shape index (κ2) is 4.34. The number of nitrogens with zero attached hydrogens (tertiary/aromatic N) is 1. The van der Waals surface area contributed by atoms with Crippen molar-refractivity contribution in [2.45, 2.75) is 26.6 Å². The zero-order valence-electron chi connectivity index (χ0n) is 7.48. The summed E-state index contributed by atoms with van der Waals surface area (Å²) >= 11 is 0.980. The Morgan fingerprint density at radius 2 is 2.46 bits per heavy atom. The van der Waals surface area contributed by atoms with Crippen LogP contribution in [0.15, 0.2) is 6.07 Å². The highest BCUT2D eigenvalue weighted by Gasteiger charge is 2.08. The lowest BCUT2D eigenvalue weighted by Gasteiger charge is -2.03. The Bertz CT molecular complexity index is 295. The Hall–Kier alpha value is -0.940. The van der Waals surface area contributed by atoms with Crippen LogP contribution >= 0.6 is 11.5 Å². The fourth-order valence-corrected chi connectivity index (χ4v) is 1.32. The molecule has 1 N–H and O–H groups in total. The lowest BCUT2D eigenvalue weighted by Crippen LogP contribution is -2.02. The van der Waals surface area contributed by atoms with Gasteiger partial charge < -0.3 is 9.84 Å². The summed E-state index contributed by atoms with van der Waals surface area (Å²) in [5.41, 5.74) is 0.677. The first-order valence-corrected chi connectivity index (χ1v) is 4.67. The average molecular weight is 201 g/mol. The summed E-state index contributed by atoms with van der Waals surface area (Å²) in [4.78, 5) is 10.7. The van der Waals surface area contributed by atoms with E-state index in [2.05, 4.69) is 4.37 Å². The zero-order chi connectivity index (χ0) is 9.84. The van der Waals surface area contributed by atoms with Crippen LogP contribution in [0.1, 0.15) is 29.2 Å². The third kappa shape index (κ3) is 3.12. The van der Waals surface area contributed by atoms with Crippen LogP contribution in [0, 0.1) is 0 Å². The van der Waals surface area contributed by atoms with Crippen LogP contribution < -0.4 is 0 Å². The predicted molar refractivity (Wildman–Crippen MR) is 49.0 cm³/mol. The van der Waals surface area contributed by atoms with Crippen molar-refractivity contribution in [3.05, 3.63) is 16.6 Å². The van der Waals surface area contributed by atoms with E-state index in [0.29, 0.717) is 12.3 Å². The number of ether oxygens (including phenoxy) is 1. The van der Waals surface area contributed by atoms with Crippen molar-refractivity contribution < 1.29 is 14.6 Å². The molecule has 0 aliphatic heterocycles. The Balaban J connectivity index is 2.54. The molecule has 1 rings (SSSR count). The number of aromatic nitrogens is 1. The van der Waals surface area contributed by atoms with Gasteiger partial charge in [-0.25, -0.2) is 4.79 Å². The number of aromatic carboxylic acids is 1. The first-order chi connectivity index (χ1) is 6.09. The highest BCUT2D eigenvalue weighted by molar-refractivity contribution is 7.08. The van der Waals surface area contributed by atoms with Gasteiger partial charge in [-0.05, 0) is 31.4 Å². The monoisotopic (exact) mass is 201 g/mol. The van der Waals surface area contributed by atoms with E-state index in [0.717, 1.165) is 11.5 Å². The van der Waals surface area contributed by atoms with Gasteiger partial charge in [-0.15, -0.1) is 0 Å². The topological polar surface area (TPSA) is 59.4 Å². The normalized spacial score (nSPS) is 10.7. The van der Waals surface area contributed by atoms with Crippen molar-refractivity contribution >= 4 is 17.5 Å². The minimum absolute atomic E-state index is 0.134. The van der Waals surface area contributed by atoms with Gasteiger partial charge in [0.15, 0.2) is 0 Å². The summed E-state index contributed by atoms with van der Waals surface area (Å²) in [5.74, 6) is -0.937. The van der Waals surface area contributed by atoms with Gasteiger partial charge in [0, 0.05) is 0 Å². The van der Waals surface area contributed by atoms with Crippen molar-refractivity contribution in [2.24, 2.45) is 0 Å². The smallest absolute Gasteiger partial charge is 0.347 e. The number of carbonyl (C=O) groups is 1. The van der Waals surface area contributed by atoms with Gasteiger partial charge in [0.2, 0.25) is 0 Å². The minimum Gasteiger partial charge on any atom is -0.477 e. The van der Waals surface area contributed by atoms with Crippen LogP contribution in [-0.4, -0.2) is 21.6 Å². The fraction of sp³-hybridized carbons (Fsp3) is 0.500. The van der Waals surface area contributed by atoms with E-state index in [9.17, 15) is 4.79 Å². The summed E-state index contributed by atoms with van der Waals surface area (Å²) in [5, 5.41) is 8.61. The maximum atomic E-state index is 10.5. The van der Waals surface area contributed by atoms with Crippen LogP contribution in [0.25, 0.3) is 0 Å². The molecule has 5 heteroatoms. The van der Waals surface area contributed by atoms with E-state index < -0.39 is 5.97 Å². The van der Waals surface area contributed by atoms with Crippen molar-refractivity contribution in [3.63, 3.8) is 0 Å². The Kier molecular flexibility index (Phi) is 3.39. The molecule has 0 bridgehead atoms. The Morgan fingerprint density at radius 1 is 1.77 bits per heavy atom. The number of carboxylic acid groups (broad SMARTS) is 1. The molecule has 0 aromatic carbocycles. The van der Waals surface area contributed by atoms with Gasteiger partial charge in [-0.3, -0.25) is 0 Å². The second-order valence-corrected chi connectivity index (χ2v) is 3.65. The summed E-state index contributed by atoms with van der Waals surface area (Å²) in [6.45, 7) is 4.22. The van der Waals surface area contributed by atoms with Crippen LogP contribution in [0.3, 0.4) is 0 Å². The van der Waals surface area contributed by atoms with E-state index >= 15 is 0 Å². The van der Waals surface area contributed by atoms with Crippen molar-refractivity contribution in [2.75, 3.05) is 0 Å². The molecule has 0 atom stereocenters. The maximum absolute atomic E-state index is 10.5. The average Bonchev–Trinajstić information content (AvgIpc) is 2.48. The number of carboxylic acids is 1. The summed E-state index contributed by atoms with van der Waals surface area (Å²) in [6, 6.07) is 1.54. The summed E-state index contributed by atoms with van der Waals surface area (Å²) in [6.07, 6.45) is 0.134. The molecular formula is C8H11NO3S. The van der Waals surface area contributed by atoms with Gasteiger partial charge in [-0.2, -0.15) is 4.37 Å². The van der Waals surface area contributed by atoms with Crippen molar-refractivity contribution in [3.8, 4) is 0 Å². The van der Waals surface area contributed by atoms with E-state index in [1.165, 1.54) is 6.07 Å². The van der Waals surface area contributed by atoms with E-state index in [4.69, 9.17) is 9.84 Å². The van der Waals surface area contributed by atoms with Gasteiger partial charge in [-0.1, -0.05) is 0 Å². The predicted octanol–water partition coefficient (Wildman–Crippen LogP) is 1.77. The third-order valence-electron chi connectivity index (χ3n) is 1.33. The highest BCUT2D eigenvalue weighted by atomic mass is 32.1. The highest BCUT2D eigenvalue weighted by Crippen LogP contribution is 2.11. The molecule has 1 aromatic heterocycles. The molecule has 72 valence electrons. The van der Waals surface area contributed by atoms with Gasteiger partial charge in [0.1, 0.15) is 4.88 Å². The molecular weight excluding hydrogens is 190 g/mol. The Labute approximate surface area is 80.3 Å². The van der Waals surface area contributed by atoms with Crippen LogP contribution in [-0.2, 0) is 11.3 Å². The number of rotatable bonds is 4. The van der Waals surface area contributed by atoms with Gasteiger partial charge >= 0.3 is 5.97 Å². The molecule has 0 spiro atoms. The quantitative estimate of drug-likeness (QED) is 0.806. The standard InChI is InChI=1S/C8H11NO3S/c1-5(2)12-4-6-3-7(8(10)11)13-9-6/h3,5H,4H2,1-2H3,(H,10,11). The lowest BCUT2D eigenvalue weighted by atomic mass is 10.4. The second-order valence-electron chi connectivity index (χ2n) is 2.85. The molecule has 4 nitrogen and oxygen atoms in total.